The molecule has 0 saturated heterocycles. The van der Waals surface area contributed by atoms with E-state index in [1.54, 1.807) is 0 Å². The molecular weight excluding hydrogens is 160 g/mol. The second-order valence-electron chi connectivity index (χ2n) is 4.68. The lowest BCUT2D eigenvalue weighted by molar-refractivity contribution is 0.129. The molecule has 3 atom stereocenters. The van der Waals surface area contributed by atoms with Crippen LogP contribution in [0.2, 0.25) is 0 Å². The molecule has 2 heteroatoms. The predicted octanol–water partition coefficient (Wildman–Crippen LogP) is 1.75. The molecule has 0 bridgehead atoms. The summed E-state index contributed by atoms with van der Waals surface area (Å²) >= 11 is 0. The van der Waals surface area contributed by atoms with E-state index < -0.39 is 0 Å². The van der Waals surface area contributed by atoms with E-state index in [4.69, 9.17) is 5.73 Å². The summed E-state index contributed by atoms with van der Waals surface area (Å²) in [6, 6.07) is 0. The highest BCUT2D eigenvalue weighted by Gasteiger charge is 2.38. The summed E-state index contributed by atoms with van der Waals surface area (Å²) in [6.07, 6.45) is 3.94. The van der Waals surface area contributed by atoms with Crippen molar-refractivity contribution in [2.24, 2.45) is 17.6 Å². The molecule has 13 heavy (non-hydrogen) atoms. The maximum absolute atomic E-state index is 5.91. The SMILES string of the molecule is CCNC1(CN)CC(C)CCC1C. The molecule has 0 aliphatic heterocycles. The molecular formula is C11H24N2. The molecule has 1 fully saturated rings. The predicted molar refractivity (Wildman–Crippen MR) is 57.6 cm³/mol. The van der Waals surface area contributed by atoms with Crippen molar-refractivity contribution in [3.63, 3.8) is 0 Å². The lowest BCUT2D eigenvalue weighted by Gasteiger charge is -2.45. The van der Waals surface area contributed by atoms with Gasteiger partial charge in [-0.15, -0.1) is 0 Å². The monoisotopic (exact) mass is 184 g/mol. The minimum atomic E-state index is 0.229. The molecule has 0 aromatic heterocycles. The summed E-state index contributed by atoms with van der Waals surface area (Å²) in [7, 11) is 0. The van der Waals surface area contributed by atoms with Crippen molar-refractivity contribution in [1.82, 2.24) is 5.32 Å². The second kappa shape index (κ2) is 4.43. The summed E-state index contributed by atoms with van der Waals surface area (Å²) in [6.45, 7) is 8.67. The maximum atomic E-state index is 5.91. The van der Waals surface area contributed by atoms with Crippen LogP contribution in [0.25, 0.3) is 0 Å². The Morgan fingerprint density at radius 1 is 1.38 bits per heavy atom. The van der Waals surface area contributed by atoms with Crippen LogP contribution in [0.5, 0.6) is 0 Å². The molecule has 1 aliphatic rings. The molecule has 3 unspecified atom stereocenters. The molecule has 0 radical (unpaired) electrons. The van der Waals surface area contributed by atoms with Crippen LogP contribution in [0.3, 0.4) is 0 Å². The first kappa shape index (κ1) is 11.0. The van der Waals surface area contributed by atoms with Gasteiger partial charge in [0.1, 0.15) is 0 Å². The standard InChI is InChI=1S/C11H24N2/c1-4-13-11(8-12)7-9(2)5-6-10(11)3/h9-10,13H,4-8,12H2,1-3H3. The Morgan fingerprint density at radius 3 is 2.62 bits per heavy atom. The van der Waals surface area contributed by atoms with Gasteiger partial charge < -0.3 is 11.1 Å². The molecule has 0 heterocycles. The van der Waals surface area contributed by atoms with Crippen molar-refractivity contribution in [2.45, 2.75) is 45.6 Å². The van der Waals surface area contributed by atoms with Crippen LogP contribution >= 0.6 is 0 Å². The van der Waals surface area contributed by atoms with Gasteiger partial charge >= 0.3 is 0 Å². The normalized spacial score (nSPS) is 40.6. The van der Waals surface area contributed by atoms with E-state index in [2.05, 4.69) is 26.1 Å². The Balaban J connectivity index is 2.67. The van der Waals surface area contributed by atoms with E-state index in [1.807, 2.05) is 0 Å². The van der Waals surface area contributed by atoms with Crippen molar-refractivity contribution in [3.8, 4) is 0 Å². The number of likely N-dealkylation sites (N-methyl/N-ethyl adjacent to an activating group) is 1. The van der Waals surface area contributed by atoms with Crippen molar-refractivity contribution < 1.29 is 0 Å². The highest BCUT2D eigenvalue weighted by molar-refractivity contribution is 4.97. The highest BCUT2D eigenvalue weighted by atomic mass is 15.0. The highest BCUT2D eigenvalue weighted by Crippen LogP contribution is 2.36. The van der Waals surface area contributed by atoms with Crippen LogP contribution < -0.4 is 11.1 Å². The van der Waals surface area contributed by atoms with E-state index in [1.165, 1.54) is 19.3 Å². The minimum absolute atomic E-state index is 0.229. The maximum Gasteiger partial charge on any atom is 0.0332 e. The van der Waals surface area contributed by atoms with Crippen LogP contribution in [-0.4, -0.2) is 18.6 Å². The quantitative estimate of drug-likeness (QED) is 0.701. The summed E-state index contributed by atoms with van der Waals surface area (Å²) < 4.78 is 0. The summed E-state index contributed by atoms with van der Waals surface area (Å²) in [5, 5.41) is 3.60. The molecule has 0 aromatic carbocycles. The van der Waals surface area contributed by atoms with Crippen molar-refractivity contribution >= 4 is 0 Å². The van der Waals surface area contributed by atoms with Crippen LogP contribution in [0, 0.1) is 11.8 Å². The number of hydrogen-bond donors (Lipinski definition) is 2. The third-order valence-corrected chi connectivity index (χ3v) is 3.64. The van der Waals surface area contributed by atoms with Gasteiger partial charge in [-0.2, -0.15) is 0 Å². The van der Waals surface area contributed by atoms with Gasteiger partial charge in [0.15, 0.2) is 0 Å². The Morgan fingerprint density at radius 2 is 2.08 bits per heavy atom. The molecule has 3 N–H and O–H groups in total. The van der Waals surface area contributed by atoms with Crippen LogP contribution in [0.15, 0.2) is 0 Å². The Bertz CT molecular complexity index is 158. The van der Waals surface area contributed by atoms with E-state index >= 15 is 0 Å². The molecule has 1 rings (SSSR count). The van der Waals surface area contributed by atoms with Gasteiger partial charge in [0.05, 0.1) is 0 Å². The van der Waals surface area contributed by atoms with E-state index in [0.29, 0.717) is 0 Å². The zero-order valence-electron chi connectivity index (χ0n) is 9.27. The van der Waals surface area contributed by atoms with Gasteiger partial charge in [0.2, 0.25) is 0 Å². The Kier molecular flexibility index (Phi) is 3.74. The fourth-order valence-corrected chi connectivity index (χ4v) is 2.69. The first-order chi connectivity index (χ1) is 6.14. The van der Waals surface area contributed by atoms with Gasteiger partial charge in [-0.05, 0) is 31.2 Å². The average molecular weight is 184 g/mol. The smallest absolute Gasteiger partial charge is 0.0332 e. The zero-order valence-corrected chi connectivity index (χ0v) is 9.27. The number of nitrogens with two attached hydrogens (primary N) is 1. The lowest BCUT2D eigenvalue weighted by Crippen LogP contribution is -2.58. The molecule has 0 spiro atoms. The zero-order chi connectivity index (χ0) is 9.90. The van der Waals surface area contributed by atoms with E-state index in [-0.39, 0.29) is 5.54 Å². The van der Waals surface area contributed by atoms with Crippen molar-refractivity contribution in [3.05, 3.63) is 0 Å². The fraction of sp³-hybridized carbons (Fsp3) is 1.00. The van der Waals surface area contributed by atoms with Gasteiger partial charge in [-0.3, -0.25) is 0 Å². The third-order valence-electron chi connectivity index (χ3n) is 3.64. The van der Waals surface area contributed by atoms with Gasteiger partial charge in [-0.1, -0.05) is 27.2 Å². The first-order valence-electron chi connectivity index (χ1n) is 5.59. The van der Waals surface area contributed by atoms with Gasteiger partial charge in [-0.25, -0.2) is 0 Å². The summed E-state index contributed by atoms with van der Waals surface area (Å²) in [4.78, 5) is 0. The molecule has 2 nitrogen and oxygen atoms in total. The molecule has 0 amide bonds. The topological polar surface area (TPSA) is 38.0 Å². The first-order valence-corrected chi connectivity index (χ1v) is 5.59. The third kappa shape index (κ3) is 2.23. The van der Waals surface area contributed by atoms with Gasteiger partial charge in [0.25, 0.3) is 0 Å². The number of nitrogens with one attached hydrogen (secondary N) is 1. The fourth-order valence-electron chi connectivity index (χ4n) is 2.69. The van der Waals surface area contributed by atoms with Gasteiger partial charge in [0, 0.05) is 12.1 Å². The van der Waals surface area contributed by atoms with Crippen LogP contribution in [-0.2, 0) is 0 Å². The molecule has 78 valence electrons. The molecule has 1 aliphatic carbocycles. The minimum Gasteiger partial charge on any atom is -0.329 e. The lowest BCUT2D eigenvalue weighted by atomic mass is 9.69. The average Bonchev–Trinajstić information content (AvgIpc) is 2.12. The Labute approximate surface area is 82.3 Å². The van der Waals surface area contributed by atoms with Crippen LogP contribution in [0.1, 0.15) is 40.0 Å². The van der Waals surface area contributed by atoms with E-state index in [9.17, 15) is 0 Å². The number of hydrogen-bond acceptors (Lipinski definition) is 2. The van der Waals surface area contributed by atoms with Crippen molar-refractivity contribution in [2.75, 3.05) is 13.1 Å². The Hall–Kier alpha value is -0.0800. The summed E-state index contributed by atoms with van der Waals surface area (Å²) in [5.41, 5.74) is 6.14. The number of rotatable bonds is 3. The van der Waals surface area contributed by atoms with Crippen LogP contribution in [0.4, 0.5) is 0 Å². The molecule has 0 aromatic rings. The second-order valence-corrected chi connectivity index (χ2v) is 4.68. The summed E-state index contributed by atoms with van der Waals surface area (Å²) in [5.74, 6) is 1.56. The molecule has 1 saturated carbocycles. The van der Waals surface area contributed by atoms with Crippen molar-refractivity contribution in [1.29, 1.82) is 0 Å². The largest absolute Gasteiger partial charge is 0.329 e. The van der Waals surface area contributed by atoms with E-state index in [0.717, 1.165) is 24.9 Å².